The first-order chi connectivity index (χ1) is 13.5. The van der Waals surface area contributed by atoms with Gasteiger partial charge in [0.15, 0.2) is 0 Å². The van der Waals surface area contributed by atoms with Crippen molar-refractivity contribution in [1.29, 1.82) is 0 Å². The molecule has 1 aromatic carbocycles. The molecule has 156 valence electrons. The smallest absolute Gasteiger partial charge is 0.138 e. The summed E-state index contributed by atoms with van der Waals surface area (Å²) >= 11 is 22.2. The molecule has 0 saturated heterocycles. The topological polar surface area (TPSA) is 40.0 Å². The van der Waals surface area contributed by atoms with Crippen LogP contribution in [-0.2, 0) is 17.7 Å². The van der Waals surface area contributed by atoms with Gasteiger partial charge in [-0.3, -0.25) is 0 Å². The first-order valence-corrected chi connectivity index (χ1v) is 10.6. The first-order valence-electron chi connectivity index (χ1n) is 9.05. The van der Waals surface area contributed by atoms with Crippen molar-refractivity contribution in [1.82, 2.24) is 0 Å². The van der Waals surface area contributed by atoms with E-state index in [0.29, 0.717) is 13.2 Å². The molecule has 0 spiro atoms. The molecule has 0 fully saturated rings. The van der Waals surface area contributed by atoms with Crippen LogP contribution >= 0.6 is 46.4 Å². The molecule has 0 radical (unpaired) electrons. The van der Waals surface area contributed by atoms with Gasteiger partial charge in [0.1, 0.15) is 33.7 Å². The van der Waals surface area contributed by atoms with E-state index < -0.39 is 0 Å². The molecule has 0 atom stereocenters. The summed E-state index contributed by atoms with van der Waals surface area (Å²) in [5.74, 6) is 1.71. The molecular weight excluding hydrogens is 444 g/mol. The van der Waals surface area contributed by atoms with Crippen molar-refractivity contribution in [2.45, 2.75) is 39.5 Å². The van der Waals surface area contributed by atoms with Crippen molar-refractivity contribution in [3.8, 4) is 11.5 Å². The maximum atomic E-state index is 6.05. The highest BCUT2D eigenvalue weighted by Gasteiger charge is 2.11. The third-order valence-electron chi connectivity index (χ3n) is 3.65. The minimum Gasteiger partial charge on any atom is -0.493 e. The zero-order valence-corrected chi connectivity index (χ0v) is 19.0. The van der Waals surface area contributed by atoms with E-state index in [1.807, 2.05) is 12.1 Å². The standard InChI is InChI=1S/C20H25Cl4NO3/c1-3-15-13-17(26-11-7-18(21)22)14-16(4-2)20(15)27-10-6-5-9-25-28-12-8-19(23)24/h7-9,13-14H,3-6,10-12H2,1-2H3. The van der Waals surface area contributed by atoms with Gasteiger partial charge in [-0.1, -0.05) is 65.4 Å². The van der Waals surface area contributed by atoms with E-state index >= 15 is 0 Å². The van der Waals surface area contributed by atoms with E-state index in [1.165, 1.54) is 6.08 Å². The summed E-state index contributed by atoms with van der Waals surface area (Å²) in [6, 6.07) is 3.99. The van der Waals surface area contributed by atoms with Gasteiger partial charge in [-0.05, 0) is 61.1 Å². The van der Waals surface area contributed by atoms with Gasteiger partial charge in [0, 0.05) is 6.21 Å². The van der Waals surface area contributed by atoms with Gasteiger partial charge in [-0.25, -0.2) is 0 Å². The largest absolute Gasteiger partial charge is 0.493 e. The monoisotopic (exact) mass is 467 g/mol. The normalized spacial score (nSPS) is 10.6. The van der Waals surface area contributed by atoms with Crippen molar-refractivity contribution in [2.75, 3.05) is 19.8 Å². The highest BCUT2D eigenvalue weighted by atomic mass is 35.5. The first kappa shape index (κ1) is 25.0. The Morgan fingerprint density at radius 2 is 1.54 bits per heavy atom. The van der Waals surface area contributed by atoms with Crippen LogP contribution < -0.4 is 9.47 Å². The molecule has 4 nitrogen and oxygen atoms in total. The minimum atomic E-state index is 0.165. The molecule has 0 amide bonds. The summed E-state index contributed by atoms with van der Waals surface area (Å²) < 4.78 is 12.1. The molecule has 0 aromatic heterocycles. The zero-order chi connectivity index (χ0) is 20.8. The van der Waals surface area contributed by atoms with Crippen LogP contribution in [0.15, 0.2) is 38.4 Å². The highest BCUT2D eigenvalue weighted by Crippen LogP contribution is 2.31. The number of halogens is 4. The maximum Gasteiger partial charge on any atom is 0.138 e. The summed E-state index contributed by atoms with van der Waals surface area (Å²) in [6.07, 6.45) is 8.09. The van der Waals surface area contributed by atoms with Crippen molar-refractivity contribution in [3.63, 3.8) is 0 Å². The molecule has 0 bridgehead atoms. The number of unbranched alkanes of at least 4 members (excludes halogenated alkanes) is 1. The maximum absolute atomic E-state index is 6.05. The van der Waals surface area contributed by atoms with Crippen LogP contribution in [0.4, 0.5) is 0 Å². The predicted molar refractivity (Wildman–Crippen MR) is 119 cm³/mol. The average molecular weight is 469 g/mol. The Balaban J connectivity index is 2.56. The van der Waals surface area contributed by atoms with Gasteiger partial charge in [0.2, 0.25) is 0 Å². The molecule has 28 heavy (non-hydrogen) atoms. The van der Waals surface area contributed by atoms with Crippen LogP contribution in [0, 0.1) is 0 Å². The molecule has 8 heteroatoms. The Kier molecular flexibility index (Phi) is 13.3. The van der Waals surface area contributed by atoms with Gasteiger partial charge in [-0.2, -0.15) is 0 Å². The number of nitrogens with zero attached hydrogens (tertiary/aromatic N) is 1. The summed E-state index contributed by atoms with van der Waals surface area (Å²) in [5, 5.41) is 3.83. The lowest BCUT2D eigenvalue weighted by Gasteiger charge is -2.16. The van der Waals surface area contributed by atoms with Gasteiger partial charge < -0.3 is 14.3 Å². The molecule has 0 aliphatic heterocycles. The van der Waals surface area contributed by atoms with Gasteiger partial charge in [0.05, 0.1) is 6.61 Å². The second-order valence-corrected chi connectivity index (χ2v) is 7.67. The Morgan fingerprint density at radius 1 is 0.929 bits per heavy atom. The SMILES string of the molecule is CCc1cc(OCC=C(Cl)Cl)cc(CC)c1OCCCC=NOCC=C(Cl)Cl. The van der Waals surface area contributed by atoms with Crippen LogP contribution in [0.25, 0.3) is 0 Å². The number of hydrogen-bond acceptors (Lipinski definition) is 4. The Labute approximate surface area is 187 Å². The van der Waals surface area contributed by atoms with Crippen LogP contribution in [0.3, 0.4) is 0 Å². The number of hydrogen-bond donors (Lipinski definition) is 0. The lowest BCUT2D eigenvalue weighted by molar-refractivity contribution is 0.175. The van der Waals surface area contributed by atoms with Crippen LogP contribution in [0.5, 0.6) is 11.5 Å². The molecule has 0 heterocycles. The number of aryl methyl sites for hydroxylation is 2. The van der Waals surface area contributed by atoms with E-state index in [0.717, 1.165) is 48.3 Å². The molecule has 1 aromatic rings. The third-order valence-corrected chi connectivity index (χ3v) is 4.27. The van der Waals surface area contributed by atoms with E-state index in [1.54, 1.807) is 12.3 Å². The van der Waals surface area contributed by atoms with Crippen molar-refractivity contribution >= 4 is 52.6 Å². The van der Waals surface area contributed by atoms with Gasteiger partial charge in [0.25, 0.3) is 0 Å². The van der Waals surface area contributed by atoms with Crippen LogP contribution in [0.2, 0.25) is 0 Å². The average Bonchev–Trinajstić information content (AvgIpc) is 2.66. The summed E-state index contributed by atoms with van der Waals surface area (Å²) in [6.45, 7) is 5.34. The number of ether oxygens (including phenoxy) is 2. The zero-order valence-electron chi connectivity index (χ0n) is 16.0. The van der Waals surface area contributed by atoms with Gasteiger partial charge >= 0.3 is 0 Å². The molecule has 0 saturated carbocycles. The lowest BCUT2D eigenvalue weighted by Crippen LogP contribution is -2.05. The fraction of sp³-hybridized carbons (Fsp3) is 0.450. The van der Waals surface area contributed by atoms with Crippen molar-refractivity contribution < 1.29 is 14.3 Å². The minimum absolute atomic E-state index is 0.165. The molecule has 0 aliphatic rings. The second-order valence-electron chi connectivity index (χ2n) is 5.65. The molecule has 0 aliphatic carbocycles. The van der Waals surface area contributed by atoms with E-state index in [9.17, 15) is 0 Å². The Morgan fingerprint density at radius 3 is 2.11 bits per heavy atom. The quantitative estimate of drug-likeness (QED) is 0.178. The predicted octanol–water partition coefficient (Wildman–Crippen LogP) is 6.99. The van der Waals surface area contributed by atoms with E-state index in [4.69, 9.17) is 60.7 Å². The van der Waals surface area contributed by atoms with E-state index in [-0.39, 0.29) is 15.6 Å². The summed E-state index contributed by atoms with van der Waals surface area (Å²) in [4.78, 5) is 4.99. The number of benzene rings is 1. The summed E-state index contributed by atoms with van der Waals surface area (Å²) in [7, 11) is 0. The second kappa shape index (κ2) is 14.9. The fourth-order valence-electron chi connectivity index (χ4n) is 2.31. The summed E-state index contributed by atoms with van der Waals surface area (Å²) in [5.41, 5.74) is 2.22. The Hall–Kier alpha value is -1.07. The third kappa shape index (κ3) is 10.5. The number of rotatable bonds is 13. The van der Waals surface area contributed by atoms with Crippen molar-refractivity contribution in [2.24, 2.45) is 5.16 Å². The van der Waals surface area contributed by atoms with Crippen LogP contribution in [-0.4, -0.2) is 26.0 Å². The number of oxime groups is 1. The van der Waals surface area contributed by atoms with Gasteiger partial charge in [-0.15, -0.1) is 0 Å². The molecule has 0 unspecified atom stereocenters. The van der Waals surface area contributed by atoms with E-state index in [2.05, 4.69) is 19.0 Å². The lowest BCUT2D eigenvalue weighted by atomic mass is 10.0. The Bertz CT molecular complexity index is 657. The molecular formula is C20H25Cl4NO3. The van der Waals surface area contributed by atoms with Crippen LogP contribution in [0.1, 0.15) is 37.8 Å². The van der Waals surface area contributed by atoms with Crippen molar-refractivity contribution in [3.05, 3.63) is 44.4 Å². The highest BCUT2D eigenvalue weighted by molar-refractivity contribution is 6.56. The fourth-order valence-corrected chi connectivity index (χ4v) is 2.57. The molecule has 1 rings (SSSR count). The molecule has 0 N–H and O–H groups in total.